The number of nitrogens with one attached hydrogen (secondary N) is 1. The second-order valence-corrected chi connectivity index (χ2v) is 8.54. The number of amides is 1. The highest BCUT2D eigenvalue weighted by atomic mass is 19.4. The number of rotatable bonds is 5. The monoisotopic (exact) mass is 512 g/mol. The van der Waals surface area contributed by atoms with Crippen molar-refractivity contribution in [1.82, 2.24) is 9.78 Å². The Hall–Kier alpha value is -4.94. The molecular weight excluding hydrogens is 493 g/mol. The van der Waals surface area contributed by atoms with Crippen LogP contribution in [0.4, 0.5) is 18.9 Å². The third-order valence-electron chi connectivity index (χ3n) is 6.03. The summed E-state index contributed by atoms with van der Waals surface area (Å²) >= 11 is 0. The zero-order valence-electron chi connectivity index (χ0n) is 19.6. The van der Waals surface area contributed by atoms with E-state index in [1.807, 2.05) is 48.5 Å². The highest BCUT2D eigenvalue weighted by Crippen LogP contribution is 2.32. The van der Waals surface area contributed by atoms with Crippen LogP contribution in [-0.4, -0.2) is 20.8 Å². The lowest BCUT2D eigenvalue weighted by molar-refractivity contribution is -0.141. The normalized spacial score (nSPS) is 12.2. The number of carbonyl (C=O) groups is 1. The number of hydrogen-bond acceptors (Lipinski definition) is 4. The lowest BCUT2D eigenvalue weighted by atomic mass is 9.95. The Morgan fingerprint density at radius 3 is 2.47 bits per heavy atom. The first-order valence-corrected chi connectivity index (χ1v) is 11.5. The smallest absolute Gasteiger partial charge is 0.384 e. The second kappa shape index (κ2) is 9.84. The molecule has 0 spiro atoms. The lowest BCUT2D eigenvalue weighted by Crippen LogP contribution is -2.17. The van der Waals surface area contributed by atoms with Crippen molar-refractivity contribution in [2.24, 2.45) is 0 Å². The minimum absolute atomic E-state index is 0.129. The molecule has 4 aromatic carbocycles. The van der Waals surface area contributed by atoms with Crippen molar-refractivity contribution in [3.05, 3.63) is 125 Å². The van der Waals surface area contributed by atoms with E-state index in [1.54, 1.807) is 24.3 Å². The number of carbonyl (C=O) groups excluding carboxylic acids is 1. The van der Waals surface area contributed by atoms with E-state index in [0.29, 0.717) is 17.2 Å². The zero-order chi connectivity index (χ0) is 26.9. The van der Waals surface area contributed by atoms with Crippen molar-refractivity contribution in [2.45, 2.75) is 12.3 Å². The molecule has 0 saturated carbocycles. The van der Waals surface area contributed by atoms with E-state index in [2.05, 4.69) is 10.4 Å². The predicted octanol–water partition coefficient (Wildman–Crippen LogP) is 6.25. The van der Waals surface area contributed by atoms with Gasteiger partial charge in [-0.1, -0.05) is 60.7 Å². The third-order valence-corrected chi connectivity index (χ3v) is 6.03. The highest BCUT2D eigenvalue weighted by molar-refractivity contribution is 6.03. The van der Waals surface area contributed by atoms with Gasteiger partial charge in [-0.2, -0.15) is 23.5 Å². The van der Waals surface area contributed by atoms with Gasteiger partial charge < -0.3 is 10.4 Å². The van der Waals surface area contributed by atoms with E-state index < -0.39 is 23.9 Å². The van der Waals surface area contributed by atoms with Crippen LogP contribution in [0.1, 0.15) is 39.0 Å². The number of aliphatic hydroxyl groups excluding tert-OH is 1. The van der Waals surface area contributed by atoms with Crippen LogP contribution in [0.15, 0.2) is 97.1 Å². The van der Waals surface area contributed by atoms with Gasteiger partial charge in [-0.05, 0) is 52.2 Å². The standard InChI is InChI=1S/C29H19F3N4O2/c30-29(31,32)26-16-25(36(35-26)22-11-3-6-18(14-22)17-33)28(38)34-21-10-4-9-20(15-21)27(37)24-13-5-8-19-7-1-2-12-23(19)24/h1-16,27,37H,(H,34,38). The molecule has 188 valence electrons. The molecule has 0 fully saturated rings. The average Bonchev–Trinajstić information content (AvgIpc) is 3.39. The van der Waals surface area contributed by atoms with E-state index in [9.17, 15) is 23.1 Å². The summed E-state index contributed by atoms with van der Waals surface area (Å²) in [4.78, 5) is 13.2. The van der Waals surface area contributed by atoms with E-state index >= 15 is 0 Å². The molecule has 6 nitrogen and oxygen atoms in total. The van der Waals surface area contributed by atoms with E-state index in [0.717, 1.165) is 15.5 Å². The molecule has 1 aromatic heterocycles. The van der Waals surface area contributed by atoms with Crippen LogP contribution in [0.5, 0.6) is 0 Å². The van der Waals surface area contributed by atoms with Gasteiger partial charge in [0, 0.05) is 11.8 Å². The van der Waals surface area contributed by atoms with Gasteiger partial charge in [0.2, 0.25) is 0 Å². The maximum absolute atomic E-state index is 13.5. The molecule has 1 unspecified atom stereocenters. The van der Waals surface area contributed by atoms with Crippen LogP contribution in [0.25, 0.3) is 16.5 Å². The fourth-order valence-electron chi connectivity index (χ4n) is 4.24. The second-order valence-electron chi connectivity index (χ2n) is 8.54. The molecule has 5 rings (SSSR count). The summed E-state index contributed by atoms with van der Waals surface area (Å²) in [5.74, 6) is -0.841. The van der Waals surface area contributed by atoms with Crippen LogP contribution in [-0.2, 0) is 6.18 Å². The largest absolute Gasteiger partial charge is 0.435 e. The van der Waals surface area contributed by atoms with Crippen molar-refractivity contribution in [3.63, 3.8) is 0 Å². The van der Waals surface area contributed by atoms with Gasteiger partial charge >= 0.3 is 6.18 Å². The Kier molecular flexibility index (Phi) is 6.41. The topological polar surface area (TPSA) is 90.9 Å². The van der Waals surface area contributed by atoms with Gasteiger partial charge in [0.15, 0.2) is 5.69 Å². The maximum Gasteiger partial charge on any atom is 0.435 e. The Balaban J connectivity index is 1.48. The van der Waals surface area contributed by atoms with Gasteiger partial charge in [0.05, 0.1) is 17.3 Å². The van der Waals surface area contributed by atoms with Crippen LogP contribution in [0.3, 0.4) is 0 Å². The first-order valence-electron chi connectivity index (χ1n) is 11.5. The van der Waals surface area contributed by atoms with Gasteiger partial charge in [-0.3, -0.25) is 4.79 Å². The average molecular weight is 512 g/mol. The zero-order valence-corrected chi connectivity index (χ0v) is 19.6. The minimum Gasteiger partial charge on any atom is -0.384 e. The molecule has 1 atom stereocenters. The Morgan fingerprint density at radius 2 is 1.68 bits per heavy atom. The molecule has 9 heteroatoms. The fraction of sp³-hybridized carbons (Fsp3) is 0.0690. The molecule has 0 bridgehead atoms. The van der Waals surface area contributed by atoms with E-state index in [4.69, 9.17) is 5.26 Å². The predicted molar refractivity (Wildman–Crippen MR) is 136 cm³/mol. The summed E-state index contributed by atoms with van der Waals surface area (Å²) in [5.41, 5.74) is 0.163. The molecular formula is C29H19F3N4O2. The summed E-state index contributed by atoms with van der Waals surface area (Å²) in [6.45, 7) is 0. The minimum atomic E-state index is -4.78. The number of anilines is 1. The van der Waals surface area contributed by atoms with Crippen molar-refractivity contribution in [1.29, 1.82) is 5.26 Å². The number of benzene rings is 4. The molecule has 5 aromatic rings. The number of fused-ring (bicyclic) bond motifs is 1. The number of alkyl halides is 3. The SMILES string of the molecule is N#Cc1cccc(-n2nc(C(F)(F)F)cc2C(=O)Nc2cccc(C(O)c3cccc4ccccc34)c2)c1. The van der Waals surface area contributed by atoms with Crippen molar-refractivity contribution in [3.8, 4) is 11.8 Å². The van der Waals surface area contributed by atoms with Crippen molar-refractivity contribution < 1.29 is 23.1 Å². The number of halogens is 3. The first-order chi connectivity index (χ1) is 18.2. The Bertz CT molecular complexity index is 1700. The molecule has 2 N–H and O–H groups in total. The maximum atomic E-state index is 13.5. The molecule has 38 heavy (non-hydrogen) atoms. The van der Waals surface area contributed by atoms with Crippen LogP contribution >= 0.6 is 0 Å². The number of nitrogens with zero attached hydrogens (tertiary/aromatic N) is 3. The molecule has 0 aliphatic carbocycles. The van der Waals surface area contributed by atoms with Crippen molar-refractivity contribution in [2.75, 3.05) is 5.32 Å². The number of aliphatic hydroxyl groups is 1. The molecule has 0 aliphatic heterocycles. The molecule has 0 aliphatic rings. The van der Waals surface area contributed by atoms with E-state index in [-0.39, 0.29) is 22.6 Å². The molecule has 0 radical (unpaired) electrons. The number of aromatic nitrogens is 2. The number of hydrogen-bond donors (Lipinski definition) is 2. The molecule has 0 saturated heterocycles. The summed E-state index contributed by atoms with van der Waals surface area (Å²) < 4.78 is 41.2. The van der Waals surface area contributed by atoms with Crippen LogP contribution in [0.2, 0.25) is 0 Å². The Morgan fingerprint density at radius 1 is 0.947 bits per heavy atom. The summed E-state index contributed by atoms with van der Waals surface area (Å²) in [5, 5.41) is 28.3. The lowest BCUT2D eigenvalue weighted by Gasteiger charge is -2.16. The van der Waals surface area contributed by atoms with Gasteiger partial charge in [0.1, 0.15) is 11.8 Å². The number of nitriles is 1. The van der Waals surface area contributed by atoms with E-state index in [1.165, 1.54) is 24.3 Å². The van der Waals surface area contributed by atoms with Crippen molar-refractivity contribution >= 4 is 22.4 Å². The van der Waals surface area contributed by atoms with Crippen LogP contribution < -0.4 is 5.32 Å². The van der Waals surface area contributed by atoms with Gasteiger partial charge in [0.25, 0.3) is 5.91 Å². The molecule has 1 heterocycles. The van der Waals surface area contributed by atoms with Gasteiger partial charge in [-0.25, -0.2) is 4.68 Å². The highest BCUT2D eigenvalue weighted by Gasteiger charge is 2.36. The fourth-order valence-corrected chi connectivity index (χ4v) is 4.24. The summed E-state index contributed by atoms with van der Waals surface area (Å²) in [6, 6.07) is 28.0. The summed E-state index contributed by atoms with van der Waals surface area (Å²) in [6.07, 6.45) is -5.79. The molecule has 1 amide bonds. The third kappa shape index (κ3) is 4.85. The van der Waals surface area contributed by atoms with Crippen LogP contribution in [0, 0.1) is 11.3 Å². The summed E-state index contributed by atoms with van der Waals surface area (Å²) in [7, 11) is 0. The quantitative estimate of drug-likeness (QED) is 0.291. The first kappa shape index (κ1) is 24.7. The Labute approximate surface area is 215 Å². The van der Waals surface area contributed by atoms with Gasteiger partial charge in [-0.15, -0.1) is 0 Å².